The van der Waals surface area contributed by atoms with Crippen molar-refractivity contribution in [3.8, 4) is 17.5 Å². The molecule has 3 aromatic heterocycles. The summed E-state index contributed by atoms with van der Waals surface area (Å²) in [6.07, 6.45) is 7.57. The number of rotatable bonds is 9. The topological polar surface area (TPSA) is 154 Å². The summed E-state index contributed by atoms with van der Waals surface area (Å²) < 4.78 is 6.64. The number of carbonyl (C=O) groups excluding carboxylic acids is 2. The second kappa shape index (κ2) is 10.4. The first kappa shape index (κ1) is 25.6. The van der Waals surface area contributed by atoms with E-state index >= 15 is 0 Å². The fourth-order valence-electron chi connectivity index (χ4n) is 5.38. The zero-order chi connectivity index (χ0) is 26.8. The number of pyridine rings is 1. The van der Waals surface area contributed by atoms with Crippen molar-refractivity contribution in [3.05, 3.63) is 47.8 Å². The van der Waals surface area contributed by atoms with E-state index < -0.39 is 11.5 Å². The van der Waals surface area contributed by atoms with Gasteiger partial charge in [-0.05, 0) is 62.8 Å². The van der Waals surface area contributed by atoms with E-state index in [2.05, 4.69) is 32.1 Å². The Hall–Kier alpha value is -4.01. The summed E-state index contributed by atoms with van der Waals surface area (Å²) in [4.78, 5) is 29.9. The highest BCUT2D eigenvalue weighted by Gasteiger charge is 2.48. The quantitative estimate of drug-likeness (QED) is 0.314. The summed E-state index contributed by atoms with van der Waals surface area (Å²) in [5, 5.41) is 33.3. The molecule has 3 heterocycles. The van der Waals surface area contributed by atoms with Gasteiger partial charge in [0.1, 0.15) is 6.07 Å². The lowest BCUT2D eigenvalue weighted by Crippen LogP contribution is -2.54. The number of amides is 2. The first-order valence-corrected chi connectivity index (χ1v) is 12.8. The minimum Gasteiger partial charge on any atom is -0.390 e. The highest BCUT2D eigenvalue weighted by Crippen LogP contribution is 2.48. The lowest BCUT2D eigenvalue weighted by molar-refractivity contribution is -0.120. The Balaban J connectivity index is 1.44. The van der Waals surface area contributed by atoms with Gasteiger partial charge in [-0.15, -0.1) is 0 Å². The number of aliphatic hydroxyl groups is 1. The Bertz CT molecular complexity index is 1390. The van der Waals surface area contributed by atoms with Gasteiger partial charge in [0.2, 0.25) is 5.91 Å². The molecule has 4 N–H and O–H groups in total. The van der Waals surface area contributed by atoms with Gasteiger partial charge in [0.05, 0.1) is 58.7 Å². The number of aromatic nitrogens is 3. The van der Waals surface area contributed by atoms with Gasteiger partial charge in [-0.2, -0.15) is 10.4 Å². The van der Waals surface area contributed by atoms with Gasteiger partial charge in [-0.3, -0.25) is 14.6 Å². The second-order valence-electron chi connectivity index (χ2n) is 10.2. The molecule has 0 aliphatic heterocycles. The molecule has 3 aliphatic carbocycles. The molecule has 6 rings (SSSR count). The normalized spacial score (nSPS) is 22.1. The number of ether oxygens (including phenoxy) is 1. The number of nitrogens with one attached hydrogen (secondary N) is 3. The average Bonchev–Trinajstić information content (AvgIpc) is 3.36. The molecule has 2 amide bonds. The zero-order valence-electron chi connectivity index (χ0n) is 21.3. The summed E-state index contributed by atoms with van der Waals surface area (Å²) in [6.45, 7) is 0.576. The molecule has 11 heteroatoms. The molecule has 3 aliphatic rings. The van der Waals surface area contributed by atoms with Crippen molar-refractivity contribution in [1.29, 1.82) is 5.26 Å². The predicted octanol–water partition coefficient (Wildman–Crippen LogP) is 2.01. The Morgan fingerprint density at radius 3 is 2.61 bits per heavy atom. The van der Waals surface area contributed by atoms with Gasteiger partial charge < -0.3 is 25.8 Å². The number of fused-ring (bicyclic) bond motifs is 4. The zero-order valence-corrected chi connectivity index (χ0v) is 21.3. The van der Waals surface area contributed by atoms with E-state index in [9.17, 15) is 20.0 Å². The molecular formula is C27H31N7O4. The van der Waals surface area contributed by atoms with Gasteiger partial charge in [0.25, 0.3) is 5.91 Å². The number of carbonyl (C=O) groups is 2. The molecule has 0 unspecified atom stereocenters. The highest BCUT2D eigenvalue weighted by molar-refractivity contribution is 6.01. The third-order valence-corrected chi connectivity index (χ3v) is 7.68. The van der Waals surface area contributed by atoms with Crippen LogP contribution in [-0.4, -0.2) is 69.5 Å². The van der Waals surface area contributed by atoms with Crippen LogP contribution in [0.25, 0.3) is 16.9 Å². The van der Waals surface area contributed by atoms with Crippen molar-refractivity contribution in [2.75, 3.05) is 32.1 Å². The first-order valence-electron chi connectivity index (χ1n) is 12.8. The molecular weight excluding hydrogens is 486 g/mol. The van der Waals surface area contributed by atoms with E-state index in [0.29, 0.717) is 35.7 Å². The number of hydrogen-bond donors (Lipinski definition) is 4. The van der Waals surface area contributed by atoms with Crippen LogP contribution < -0.4 is 16.0 Å². The molecule has 0 saturated heterocycles. The van der Waals surface area contributed by atoms with Crippen LogP contribution in [0.3, 0.4) is 0 Å². The largest absolute Gasteiger partial charge is 0.390 e. The third kappa shape index (κ3) is 5.18. The fraction of sp³-hybridized carbons (Fsp3) is 0.444. The van der Waals surface area contributed by atoms with Gasteiger partial charge in [-0.1, -0.05) is 0 Å². The van der Waals surface area contributed by atoms with Gasteiger partial charge >= 0.3 is 0 Å². The first-order chi connectivity index (χ1) is 18.3. The minimum atomic E-state index is -0.581. The molecule has 198 valence electrons. The van der Waals surface area contributed by atoms with Crippen molar-refractivity contribution in [2.24, 2.45) is 0 Å². The molecule has 3 aromatic rings. The monoisotopic (exact) mass is 517 g/mol. The summed E-state index contributed by atoms with van der Waals surface area (Å²) in [5.41, 5.74) is 2.69. The fourth-order valence-corrected chi connectivity index (χ4v) is 5.38. The van der Waals surface area contributed by atoms with Crippen LogP contribution in [0, 0.1) is 11.3 Å². The Labute approximate surface area is 220 Å². The maximum absolute atomic E-state index is 13.2. The summed E-state index contributed by atoms with van der Waals surface area (Å²) in [5.74, 6) is -0.723. The van der Waals surface area contributed by atoms with Crippen LogP contribution in [0.1, 0.15) is 54.4 Å². The van der Waals surface area contributed by atoms with E-state index in [4.69, 9.17) is 4.74 Å². The van der Waals surface area contributed by atoms with Crippen molar-refractivity contribution in [2.45, 2.75) is 49.7 Å². The molecule has 11 nitrogen and oxygen atoms in total. The molecule has 38 heavy (non-hydrogen) atoms. The smallest absolute Gasteiger partial charge is 0.255 e. The SMILES string of the molecule is COCCNC(=O)CNC(=O)c1cnc(-c2ccc3cc(C#N)cnn23)cc1NC12CCC(O)(CC1)CC2. The van der Waals surface area contributed by atoms with Crippen molar-refractivity contribution < 1.29 is 19.4 Å². The van der Waals surface area contributed by atoms with E-state index in [1.54, 1.807) is 17.7 Å². The lowest BCUT2D eigenvalue weighted by atomic mass is 9.63. The van der Waals surface area contributed by atoms with E-state index in [0.717, 1.165) is 49.7 Å². The number of methoxy groups -OCH3 is 1. The third-order valence-electron chi connectivity index (χ3n) is 7.68. The van der Waals surface area contributed by atoms with E-state index in [-0.39, 0.29) is 18.0 Å². The molecule has 0 atom stereocenters. The maximum atomic E-state index is 13.2. The van der Waals surface area contributed by atoms with Crippen LogP contribution in [0.15, 0.2) is 36.7 Å². The number of anilines is 1. The Morgan fingerprint density at radius 1 is 1.13 bits per heavy atom. The van der Waals surface area contributed by atoms with Crippen LogP contribution >= 0.6 is 0 Å². The molecule has 0 spiro atoms. The number of nitrogens with zero attached hydrogens (tertiary/aromatic N) is 4. The highest BCUT2D eigenvalue weighted by atomic mass is 16.5. The number of nitriles is 1. The predicted molar refractivity (Wildman–Crippen MR) is 139 cm³/mol. The average molecular weight is 518 g/mol. The van der Waals surface area contributed by atoms with E-state index in [1.807, 2.05) is 18.2 Å². The summed E-state index contributed by atoms with van der Waals surface area (Å²) in [7, 11) is 1.55. The van der Waals surface area contributed by atoms with E-state index in [1.165, 1.54) is 12.4 Å². The molecule has 2 bridgehead atoms. The summed E-state index contributed by atoms with van der Waals surface area (Å²) >= 11 is 0. The van der Waals surface area contributed by atoms with Crippen molar-refractivity contribution in [3.63, 3.8) is 0 Å². The lowest BCUT2D eigenvalue weighted by Gasteiger charge is -2.51. The van der Waals surface area contributed by atoms with Crippen LogP contribution in [-0.2, 0) is 9.53 Å². The van der Waals surface area contributed by atoms with Crippen molar-refractivity contribution in [1.82, 2.24) is 25.2 Å². The molecule has 3 saturated carbocycles. The number of hydrogen-bond acceptors (Lipinski definition) is 8. The standard InChI is InChI=1S/C27H31N7O4/c1-38-11-10-29-24(35)17-31-25(36)20-16-30-22(23-3-2-19-12-18(14-28)15-32-34(19)23)13-21(20)33-26-4-7-27(37,8-5-26)9-6-26/h2-3,12-13,15-16,37H,4-11,17H2,1H3,(H,29,35)(H,30,33)(H,31,36). The van der Waals surface area contributed by atoms with Gasteiger partial charge in [-0.25, -0.2) is 4.52 Å². The second-order valence-corrected chi connectivity index (χ2v) is 10.2. The van der Waals surface area contributed by atoms with Crippen LogP contribution in [0.4, 0.5) is 5.69 Å². The maximum Gasteiger partial charge on any atom is 0.255 e. The minimum absolute atomic E-state index is 0.170. The Kier molecular flexibility index (Phi) is 7.01. The molecule has 3 fully saturated rings. The Morgan fingerprint density at radius 2 is 1.89 bits per heavy atom. The van der Waals surface area contributed by atoms with Crippen LogP contribution in [0.2, 0.25) is 0 Å². The van der Waals surface area contributed by atoms with Crippen LogP contribution in [0.5, 0.6) is 0 Å². The summed E-state index contributed by atoms with van der Waals surface area (Å²) in [6, 6.07) is 9.42. The van der Waals surface area contributed by atoms with Crippen molar-refractivity contribution >= 4 is 23.0 Å². The molecule has 0 radical (unpaired) electrons. The van der Waals surface area contributed by atoms with Gasteiger partial charge in [0.15, 0.2) is 0 Å². The van der Waals surface area contributed by atoms with Gasteiger partial charge in [0, 0.05) is 25.4 Å². The molecule has 0 aromatic carbocycles.